The largest absolute Gasteiger partial charge is 0.495 e. The van der Waals surface area contributed by atoms with Gasteiger partial charge in [0.2, 0.25) is 0 Å². The first-order valence-electron chi connectivity index (χ1n) is 8.90. The molecule has 0 saturated heterocycles. The number of rotatable bonds is 5. The highest BCUT2D eigenvalue weighted by Gasteiger charge is 2.33. The number of ketones is 1. The molecular weight excluding hydrogens is 385 g/mol. The number of fused-ring (bicyclic) bond motifs is 1. The number of carbonyl (C=O) groups is 2. The van der Waals surface area contributed by atoms with E-state index < -0.39 is 17.8 Å². The zero-order chi connectivity index (χ0) is 20.6. The van der Waals surface area contributed by atoms with Gasteiger partial charge in [-0.15, -0.1) is 0 Å². The van der Waals surface area contributed by atoms with Crippen LogP contribution in [0.3, 0.4) is 0 Å². The fourth-order valence-corrected chi connectivity index (χ4v) is 3.49. The summed E-state index contributed by atoms with van der Waals surface area (Å²) >= 11 is 6.08. The molecule has 28 heavy (non-hydrogen) atoms. The fraction of sp³-hybridized carbons (Fsp3) is 0.333. The third-order valence-electron chi connectivity index (χ3n) is 4.83. The van der Waals surface area contributed by atoms with Gasteiger partial charge in [-0.25, -0.2) is 4.39 Å². The molecule has 2 aromatic rings. The van der Waals surface area contributed by atoms with Crippen molar-refractivity contribution in [3.63, 3.8) is 0 Å². The number of halogens is 2. The van der Waals surface area contributed by atoms with Crippen molar-refractivity contribution in [2.75, 3.05) is 12.4 Å². The molecule has 0 heterocycles. The van der Waals surface area contributed by atoms with E-state index in [1.165, 1.54) is 19.2 Å². The van der Waals surface area contributed by atoms with Gasteiger partial charge in [0.1, 0.15) is 17.3 Å². The van der Waals surface area contributed by atoms with Crippen molar-refractivity contribution in [3.8, 4) is 11.5 Å². The van der Waals surface area contributed by atoms with E-state index in [4.69, 9.17) is 21.1 Å². The van der Waals surface area contributed by atoms with E-state index in [9.17, 15) is 14.0 Å². The number of nitrogens with one attached hydrogen (secondary N) is 1. The van der Waals surface area contributed by atoms with Crippen LogP contribution in [0, 0.1) is 12.7 Å². The van der Waals surface area contributed by atoms with Gasteiger partial charge in [0, 0.05) is 23.1 Å². The lowest BCUT2D eigenvalue weighted by atomic mass is 10.0. The Kier molecular flexibility index (Phi) is 5.61. The normalized spacial score (nSPS) is 16.5. The lowest BCUT2D eigenvalue weighted by Crippen LogP contribution is -2.30. The molecule has 0 spiro atoms. The number of anilines is 1. The van der Waals surface area contributed by atoms with E-state index in [2.05, 4.69) is 5.32 Å². The Morgan fingerprint density at radius 2 is 2.04 bits per heavy atom. The number of benzene rings is 2. The van der Waals surface area contributed by atoms with Crippen molar-refractivity contribution in [1.29, 1.82) is 0 Å². The second-order valence-corrected chi connectivity index (χ2v) is 7.32. The third kappa shape index (κ3) is 3.69. The number of Topliss-reactive ketones (excluding diaryl/α,β-unsaturated/α-hetero) is 1. The summed E-state index contributed by atoms with van der Waals surface area (Å²) in [6.45, 7) is 5.16. The Bertz CT molecular complexity index is 960. The second-order valence-electron chi connectivity index (χ2n) is 6.91. The van der Waals surface area contributed by atoms with Crippen LogP contribution in [0.15, 0.2) is 24.3 Å². The molecule has 0 aromatic heterocycles. The van der Waals surface area contributed by atoms with E-state index in [-0.39, 0.29) is 29.4 Å². The van der Waals surface area contributed by atoms with Crippen LogP contribution in [0.5, 0.6) is 11.5 Å². The first-order chi connectivity index (χ1) is 13.2. The smallest absolute Gasteiger partial charge is 0.265 e. The highest BCUT2D eigenvalue weighted by molar-refractivity contribution is 6.31. The summed E-state index contributed by atoms with van der Waals surface area (Å²) in [7, 11) is 1.48. The SMILES string of the molecule is COc1cc(Cl)c(C)cc1NC(=O)C(C)Oc1ccc(F)c2c1C(=O)CC2C. The summed E-state index contributed by atoms with van der Waals surface area (Å²) in [5.74, 6) is -0.623. The number of hydrogen-bond acceptors (Lipinski definition) is 4. The molecule has 2 atom stereocenters. The topological polar surface area (TPSA) is 64.6 Å². The van der Waals surface area contributed by atoms with Crippen LogP contribution in [0.2, 0.25) is 5.02 Å². The molecule has 3 rings (SSSR count). The number of carbonyl (C=O) groups excluding carboxylic acids is 2. The zero-order valence-electron chi connectivity index (χ0n) is 16.1. The quantitative estimate of drug-likeness (QED) is 0.769. The first kappa shape index (κ1) is 20.1. The maximum atomic E-state index is 14.1. The molecule has 2 unspecified atom stereocenters. The molecule has 2 aromatic carbocycles. The second kappa shape index (κ2) is 7.80. The maximum absolute atomic E-state index is 14.1. The number of amides is 1. The fourth-order valence-electron chi connectivity index (χ4n) is 3.33. The van der Waals surface area contributed by atoms with Gasteiger partial charge in [0.15, 0.2) is 11.9 Å². The lowest BCUT2D eigenvalue weighted by Gasteiger charge is -2.18. The molecule has 7 heteroatoms. The monoisotopic (exact) mass is 405 g/mol. The van der Waals surface area contributed by atoms with Crippen LogP contribution in [0.1, 0.15) is 47.7 Å². The number of ether oxygens (including phenoxy) is 2. The van der Waals surface area contributed by atoms with Crippen molar-refractivity contribution in [1.82, 2.24) is 0 Å². The molecular formula is C21H21ClFNO4. The highest BCUT2D eigenvalue weighted by atomic mass is 35.5. The van der Waals surface area contributed by atoms with Crippen LogP contribution in [-0.2, 0) is 4.79 Å². The van der Waals surface area contributed by atoms with Gasteiger partial charge in [-0.1, -0.05) is 18.5 Å². The Morgan fingerprint density at radius 1 is 1.32 bits per heavy atom. The zero-order valence-corrected chi connectivity index (χ0v) is 16.8. The molecule has 0 saturated carbocycles. The summed E-state index contributed by atoms with van der Waals surface area (Å²) < 4.78 is 25.1. The molecule has 0 fully saturated rings. The van der Waals surface area contributed by atoms with Gasteiger partial charge in [-0.05, 0) is 43.5 Å². The van der Waals surface area contributed by atoms with Crippen molar-refractivity contribution in [2.24, 2.45) is 0 Å². The summed E-state index contributed by atoms with van der Waals surface area (Å²) in [6, 6.07) is 5.97. The minimum absolute atomic E-state index is 0.181. The summed E-state index contributed by atoms with van der Waals surface area (Å²) in [5, 5.41) is 3.26. The van der Waals surface area contributed by atoms with E-state index >= 15 is 0 Å². The average Bonchev–Trinajstić information content (AvgIpc) is 2.95. The van der Waals surface area contributed by atoms with E-state index in [1.54, 1.807) is 26.0 Å². The van der Waals surface area contributed by atoms with Crippen LogP contribution < -0.4 is 14.8 Å². The minimum Gasteiger partial charge on any atom is -0.495 e. The number of aryl methyl sites for hydroxylation is 1. The molecule has 0 aliphatic heterocycles. The predicted molar refractivity (Wildman–Crippen MR) is 105 cm³/mol. The minimum atomic E-state index is -0.918. The van der Waals surface area contributed by atoms with Gasteiger partial charge in [-0.2, -0.15) is 0 Å². The van der Waals surface area contributed by atoms with Crippen molar-refractivity contribution in [3.05, 3.63) is 51.8 Å². The first-order valence-corrected chi connectivity index (χ1v) is 9.28. The number of methoxy groups -OCH3 is 1. The summed E-state index contributed by atoms with van der Waals surface area (Å²) in [4.78, 5) is 24.9. The molecule has 0 radical (unpaired) electrons. The van der Waals surface area contributed by atoms with E-state index in [0.717, 1.165) is 5.56 Å². The highest BCUT2D eigenvalue weighted by Crippen LogP contribution is 2.40. The summed E-state index contributed by atoms with van der Waals surface area (Å²) in [6.07, 6.45) is -0.687. The van der Waals surface area contributed by atoms with Crippen molar-refractivity contribution < 1.29 is 23.5 Å². The van der Waals surface area contributed by atoms with Crippen molar-refractivity contribution in [2.45, 2.75) is 39.2 Å². The molecule has 5 nitrogen and oxygen atoms in total. The average molecular weight is 406 g/mol. The number of hydrogen-bond donors (Lipinski definition) is 1. The Hall–Kier alpha value is -2.60. The van der Waals surface area contributed by atoms with Gasteiger partial charge in [0.25, 0.3) is 5.91 Å². The van der Waals surface area contributed by atoms with Crippen LogP contribution in [0.25, 0.3) is 0 Å². The van der Waals surface area contributed by atoms with E-state index in [0.29, 0.717) is 22.0 Å². The van der Waals surface area contributed by atoms with Gasteiger partial charge < -0.3 is 14.8 Å². The molecule has 1 aliphatic rings. The van der Waals surface area contributed by atoms with Gasteiger partial charge in [0.05, 0.1) is 18.4 Å². The predicted octanol–water partition coefficient (Wildman–Crippen LogP) is 4.89. The lowest BCUT2D eigenvalue weighted by molar-refractivity contribution is -0.122. The Labute approximate surface area is 167 Å². The van der Waals surface area contributed by atoms with Crippen molar-refractivity contribution >= 4 is 29.0 Å². The van der Waals surface area contributed by atoms with Gasteiger partial charge in [-0.3, -0.25) is 9.59 Å². The summed E-state index contributed by atoms with van der Waals surface area (Å²) in [5.41, 5.74) is 1.82. The Balaban J connectivity index is 1.82. The Morgan fingerprint density at radius 3 is 2.71 bits per heavy atom. The molecule has 1 aliphatic carbocycles. The third-order valence-corrected chi connectivity index (χ3v) is 5.24. The standard InChI is InChI=1S/C21H21ClFNO4/c1-10-7-15(18(27-4)9-13(10)22)24-21(26)12(3)28-17-6-5-14(23)19-11(2)8-16(25)20(17)19/h5-7,9,11-12H,8H2,1-4H3,(H,24,26). The molecule has 0 bridgehead atoms. The van der Waals surface area contributed by atoms with Crippen LogP contribution >= 0.6 is 11.6 Å². The van der Waals surface area contributed by atoms with Crippen LogP contribution in [-0.4, -0.2) is 24.9 Å². The maximum Gasteiger partial charge on any atom is 0.265 e. The van der Waals surface area contributed by atoms with E-state index in [1.807, 2.05) is 6.92 Å². The molecule has 1 N–H and O–H groups in total. The van der Waals surface area contributed by atoms with Gasteiger partial charge >= 0.3 is 0 Å². The molecule has 148 valence electrons. The van der Waals surface area contributed by atoms with Crippen LogP contribution in [0.4, 0.5) is 10.1 Å². The molecule has 1 amide bonds.